The van der Waals surface area contributed by atoms with Crippen LogP contribution in [0.1, 0.15) is 40.0 Å². The zero-order valence-corrected chi connectivity index (χ0v) is 12.4. The van der Waals surface area contributed by atoms with E-state index in [0.717, 1.165) is 37.0 Å². The fourth-order valence-corrected chi connectivity index (χ4v) is 2.26. The van der Waals surface area contributed by atoms with E-state index in [0.29, 0.717) is 11.7 Å². The molecule has 0 radical (unpaired) electrons. The van der Waals surface area contributed by atoms with E-state index in [1.54, 1.807) is 6.20 Å². The molecule has 1 atom stereocenters. The maximum atomic E-state index is 6.01. The van der Waals surface area contributed by atoms with E-state index in [-0.39, 0.29) is 5.28 Å². The Morgan fingerprint density at radius 1 is 1.37 bits per heavy atom. The zero-order chi connectivity index (χ0) is 13.8. The largest absolute Gasteiger partial charge is 0.353 e. The number of anilines is 1. The minimum absolute atomic E-state index is 0.261. The van der Waals surface area contributed by atoms with Crippen LogP contribution < -0.4 is 4.90 Å². The van der Waals surface area contributed by atoms with Gasteiger partial charge in [0.25, 0.3) is 0 Å². The third-order valence-corrected chi connectivity index (χ3v) is 3.58. The van der Waals surface area contributed by atoms with Crippen molar-refractivity contribution >= 4 is 28.5 Å². The Hall–Kier alpha value is -1.36. The molecule has 0 amide bonds. The number of halogens is 1. The molecular weight excluding hydrogens is 262 g/mol. The summed E-state index contributed by atoms with van der Waals surface area (Å²) in [5, 5.41) is 8.09. The molecule has 0 bridgehead atoms. The first-order valence-corrected chi connectivity index (χ1v) is 7.18. The van der Waals surface area contributed by atoms with Gasteiger partial charge in [0, 0.05) is 12.6 Å². The molecular formula is C13H20ClN5. The monoisotopic (exact) mass is 281 g/mol. The number of nitrogens with zero attached hydrogens (tertiary/aromatic N) is 4. The van der Waals surface area contributed by atoms with E-state index in [2.05, 4.69) is 45.8 Å². The van der Waals surface area contributed by atoms with Crippen LogP contribution in [-0.4, -0.2) is 32.8 Å². The summed E-state index contributed by atoms with van der Waals surface area (Å²) in [6.45, 7) is 7.55. The summed E-state index contributed by atoms with van der Waals surface area (Å²) in [5.74, 6) is 0.881. The molecule has 0 aliphatic carbocycles. The molecule has 2 aromatic heterocycles. The van der Waals surface area contributed by atoms with Crippen molar-refractivity contribution in [3.05, 3.63) is 11.5 Å². The second kappa shape index (κ2) is 6.19. The summed E-state index contributed by atoms with van der Waals surface area (Å²) < 4.78 is 0. The number of rotatable bonds is 6. The van der Waals surface area contributed by atoms with Gasteiger partial charge >= 0.3 is 0 Å². The lowest BCUT2D eigenvalue weighted by Gasteiger charge is -2.30. The Morgan fingerprint density at radius 2 is 2.16 bits per heavy atom. The summed E-state index contributed by atoms with van der Waals surface area (Å²) in [5.41, 5.74) is 0.694. The molecule has 6 heteroatoms. The third kappa shape index (κ3) is 2.97. The molecule has 104 valence electrons. The fraction of sp³-hybridized carbons (Fsp3) is 0.615. The maximum Gasteiger partial charge on any atom is 0.226 e. The average Bonchev–Trinajstić information content (AvgIpc) is 2.86. The van der Waals surface area contributed by atoms with Crippen molar-refractivity contribution in [2.45, 2.75) is 46.1 Å². The fourth-order valence-electron chi connectivity index (χ4n) is 2.10. The second-order valence-corrected chi connectivity index (χ2v) is 5.09. The highest BCUT2D eigenvalue weighted by Gasteiger charge is 2.19. The van der Waals surface area contributed by atoms with Gasteiger partial charge in [0.2, 0.25) is 5.28 Å². The average molecular weight is 282 g/mol. The highest BCUT2D eigenvalue weighted by atomic mass is 35.5. The summed E-state index contributed by atoms with van der Waals surface area (Å²) in [6, 6.07) is 0.413. The van der Waals surface area contributed by atoms with Crippen molar-refractivity contribution in [1.29, 1.82) is 0 Å². The number of unbranched alkanes of at least 4 members (excludes halogenated alkanes) is 1. The molecule has 0 fully saturated rings. The van der Waals surface area contributed by atoms with Crippen LogP contribution in [-0.2, 0) is 0 Å². The molecule has 2 aromatic rings. The number of nitrogens with one attached hydrogen (secondary N) is 1. The van der Waals surface area contributed by atoms with Gasteiger partial charge in [0.15, 0.2) is 5.65 Å². The Kier molecular flexibility index (Phi) is 4.58. The number of fused-ring (bicyclic) bond motifs is 1. The first-order chi connectivity index (χ1) is 9.17. The summed E-state index contributed by atoms with van der Waals surface area (Å²) in [7, 11) is 0. The quantitative estimate of drug-likeness (QED) is 0.825. The molecule has 0 saturated carbocycles. The van der Waals surface area contributed by atoms with Gasteiger partial charge < -0.3 is 4.90 Å². The molecule has 0 aromatic carbocycles. The highest BCUT2D eigenvalue weighted by molar-refractivity contribution is 6.28. The van der Waals surface area contributed by atoms with Crippen molar-refractivity contribution in [3.8, 4) is 0 Å². The Labute approximate surface area is 118 Å². The number of hydrogen-bond acceptors (Lipinski definition) is 4. The van der Waals surface area contributed by atoms with E-state index in [1.807, 2.05) is 0 Å². The van der Waals surface area contributed by atoms with E-state index in [9.17, 15) is 0 Å². The zero-order valence-electron chi connectivity index (χ0n) is 11.6. The van der Waals surface area contributed by atoms with Crippen molar-refractivity contribution in [2.75, 3.05) is 11.4 Å². The van der Waals surface area contributed by atoms with Crippen molar-refractivity contribution in [3.63, 3.8) is 0 Å². The molecule has 0 saturated heterocycles. The Morgan fingerprint density at radius 3 is 2.84 bits per heavy atom. The van der Waals surface area contributed by atoms with Crippen molar-refractivity contribution < 1.29 is 0 Å². The minimum atomic E-state index is 0.261. The van der Waals surface area contributed by atoms with Crippen LogP contribution in [0.25, 0.3) is 11.0 Å². The highest BCUT2D eigenvalue weighted by Crippen LogP contribution is 2.26. The molecule has 5 nitrogen and oxygen atoms in total. The molecule has 1 unspecified atom stereocenters. The summed E-state index contributed by atoms with van der Waals surface area (Å²) in [4.78, 5) is 10.9. The maximum absolute atomic E-state index is 6.01. The Balaban J connectivity index is 2.44. The van der Waals surface area contributed by atoms with Crippen LogP contribution in [0, 0.1) is 0 Å². The molecule has 2 rings (SSSR count). The summed E-state index contributed by atoms with van der Waals surface area (Å²) in [6.07, 6.45) is 5.11. The van der Waals surface area contributed by atoms with Crippen LogP contribution in [0.4, 0.5) is 5.82 Å². The molecule has 0 aliphatic rings. The van der Waals surface area contributed by atoms with Gasteiger partial charge in [0.1, 0.15) is 5.82 Å². The van der Waals surface area contributed by atoms with E-state index in [4.69, 9.17) is 11.6 Å². The van der Waals surface area contributed by atoms with Gasteiger partial charge in [-0.05, 0) is 31.4 Å². The van der Waals surface area contributed by atoms with Gasteiger partial charge in [-0.3, -0.25) is 5.10 Å². The van der Waals surface area contributed by atoms with Crippen molar-refractivity contribution in [2.24, 2.45) is 0 Å². The lowest BCUT2D eigenvalue weighted by atomic mass is 10.2. The molecule has 1 N–H and O–H groups in total. The van der Waals surface area contributed by atoms with Gasteiger partial charge in [-0.25, -0.2) is 0 Å². The van der Waals surface area contributed by atoms with E-state index >= 15 is 0 Å². The standard InChI is InChI=1S/C13H20ClN5/c1-4-6-7-19(9(3)5-2)12-10-8-15-18-11(10)16-13(14)17-12/h8-9H,4-7H2,1-3H3,(H,15,16,17,18). The van der Waals surface area contributed by atoms with Crippen LogP contribution in [0.5, 0.6) is 0 Å². The molecule has 19 heavy (non-hydrogen) atoms. The second-order valence-electron chi connectivity index (χ2n) is 4.75. The van der Waals surface area contributed by atoms with Crippen LogP contribution in [0.15, 0.2) is 6.20 Å². The number of aromatic amines is 1. The first kappa shape index (κ1) is 14.1. The normalized spacial score (nSPS) is 12.8. The predicted molar refractivity (Wildman–Crippen MR) is 78.7 cm³/mol. The predicted octanol–water partition coefficient (Wildman–Crippen LogP) is 3.41. The smallest absolute Gasteiger partial charge is 0.226 e. The van der Waals surface area contributed by atoms with Crippen LogP contribution in [0.3, 0.4) is 0 Å². The SMILES string of the molecule is CCCCN(c1nc(Cl)nc2[nH]ncc12)C(C)CC. The van der Waals surface area contributed by atoms with Crippen LogP contribution in [0.2, 0.25) is 5.28 Å². The van der Waals surface area contributed by atoms with Gasteiger partial charge in [-0.1, -0.05) is 20.3 Å². The lowest BCUT2D eigenvalue weighted by molar-refractivity contribution is 0.591. The van der Waals surface area contributed by atoms with Gasteiger partial charge in [-0.2, -0.15) is 15.1 Å². The van der Waals surface area contributed by atoms with Gasteiger partial charge in [0.05, 0.1) is 11.6 Å². The lowest BCUT2D eigenvalue weighted by Crippen LogP contribution is -2.34. The number of H-pyrrole nitrogens is 1. The Bertz CT molecular complexity index is 539. The van der Waals surface area contributed by atoms with Crippen LogP contribution >= 0.6 is 11.6 Å². The van der Waals surface area contributed by atoms with Gasteiger partial charge in [-0.15, -0.1) is 0 Å². The molecule has 2 heterocycles. The third-order valence-electron chi connectivity index (χ3n) is 3.41. The first-order valence-electron chi connectivity index (χ1n) is 6.80. The topological polar surface area (TPSA) is 57.7 Å². The van der Waals surface area contributed by atoms with E-state index in [1.165, 1.54) is 0 Å². The minimum Gasteiger partial charge on any atom is -0.353 e. The molecule has 0 aliphatic heterocycles. The van der Waals surface area contributed by atoms with Crippen molar-refractivity contribution in [1.82, 2.24) is 20.2 Å². The number of hydrogen-bond donors (Lipinski definition) is 1. The number of aromatic nitrogens is 4. The van der Waals surface area contributed by atoms with E-state index < -0.39 is 0 Å². The molecule has 0 spiro atoms. The summed E-state index contributed by atoms with van der Waals surface area (Å²) >= 11 is 6.01.